The summed E-state index contributed by atoms with van der Waals surface area (Å²) in [4.78, 5) is 1.96. The molecule has 4 aliphatic rings. The fourth-order valence-corrected chi connectivity index (χ4v) is 6.14. The number of benzene rings is 1. The molecule has 0 spiro atoms. The highest BCUT2D eigenvalue weighted by molar-refractivity contribution is 7.55. The van der Waals surface area contributed by atoms with Gasteiger partial charge in [-0.2, -0.15) is 0 Å². The summed E-state index contributed by atoms with van der Waals surface area (Å²) in [6.45, 7) is 3.56. The summed E-state index contributed by atoms with van der Waals surface area (Å²) in [5, 5.41) is 0. The summed E-state index contributed by atoms with van der Waals surface area (Å²) in [7, 11) is -6.48. The first kappa shape index (κ1) is 18.0. The van der Waals surface area contributed by atoms with Crippen molar-refractivity contribution in [2.75, 3.05) is 32.7 Å². The highest BCUT2D eigenvalue weighted by Gasteiger charge is 2.50. The monoisotopic (exact) mass is 421 g/mol. The molecule has 1 aromatic carbocycles. The maximum Gasteiger partial charge on any atom is 0.416 e. The second-order valence-corrected chi connectivity index (χ2v) is 11.0. The third-order valence-corrected chi connectivity index (χ3v) is 8.87. The molecule has 2 N–H and O–H groups in total. The van der Waals surface area contributed by atoms with E-state index in [2.05, 4.69) is 0 Å². The van der Waals surface area contributed by atoms with Gasteiger partial charge in [0.15, 0.2) is 0 Å². The topological polar surface area (TPSA) is 90.9 Å². The molecule has 2 saturated heterocycles. The van der Waals surface area contributed by atoms with Crippen molar-refractivity contribution < 1.29 is 18.2 Å². The van der Waals surface area contributed by atoms with Crippen molar-refractivity contribution in [3.8, 4) is 11.5 Å². The number of allylic oxidation sites excluding steroid dienone is 1. The fourth-order valence-electron chi connectivity index (χ4n) is 2.87. The predicted molar refractivity (Wildman–Crippen MR) is 105 cm³/mol. The van der Waals surface area contributed by atoms with E-state index in [1.807, 2.05) is 38.8 Å². The molecule has 2 fully saturated rings. The number of nitrogens with two attached hydrogens (primary N) is 1. The Bertz CT molecular complexity index is 946. The molecule has 0 bridgehead atoms. The lowest BCUT2D eigenvalue weighted by Gasteiger charge is -2.28. The van der Waals surface area contributed by atoms with Crippen molar-refractivity contribution in [2.24, 2.45) is 5.50 Å². The van der Waals surface area contributed by atoms with Crippen LogP contribution in [-0.4, -0.2) is 51.6 Å². The second kappa shape index (κ2) is 6.51. The summed E-state index contributed by atoms with van der Waals surface area (Å²) in [5.74, 6) is 0.847. The maximum absolute atomic E-state index is 13.0. The van der Waals surface area contributed by atoms with E-state index in [-0.39, 0.29) is 0 Å². The van der Waals surface area contributed by atoms with Crippen molar-refractivity contribution in [1.82, 2.24) is 18.9 Å². The van der Waals surface area contributed by atoms with Crippen LogP contribution >= 0.6 is 15.3 Å². The Hall–Kier alpha value is -2.02. The minimum absolute atomic E-state index is 0.363. The van der Waals surface area contributed by atoms with E-state index in [9.17, 15) is 9.13 Å². The molecule has 0 aromatic heterocycles. The summed E-state index contributed by atoms with van der Waals surface area (Å²) >= 11 is 0. The molecule has 0 amide bonds. The van der Waals surface area contributed by atoms with Gasteiger partial charge >= 0.3 is 15.3 Å². The molecule has 28 heavy (non-hydrogen) atoms. The number of rotatable bonds is 8. The molecule has 9 nitrogen and oxygen atoms in total. The molecule has 5 rings (SSSR count). The number of hydrogen-bond donors (Lipinski definition) is 1. The number of hydrogen-bond acceptors (Lipinski definition) is 5. The van der Waals surface area contributed by atoms with E-state index >= 15 is 0 Å². The van der Waals surface area contributed by atoms with Gasteiger partial charge in [-0.05, 0) is 36.4 Å². The average molecular weight is 421 g/mol. The third kappa shape index (κ3) is 3.64. The molecule has 0 aliphatic carbocycles. The van der Waals surface area contributed by atoms with Gasteiger partial charge in [0.05, 0.1) is 0 Å². The van der Waals surface area contributed by atoms with Crippen LogP contribution in [0.2, 0.25) is 0 Å². The Balaban J connectivity index is 1.23. The standard InChI is InChI=1S/C17H21N5O4P2/c18-27(23,20-7-5-15(6-8-20)19-9-10-19)25-16-1-3-17(4-2-16)26-28(24,21-11-12-21)22-13-14-22/h1-7,9-10H,8,11-14H2,(H2,18,23). The third-order valence-electron chi connectivity index (χ3n) is 4.71. The van der Waals surface area contributed by atoms with Crippen LogP contribution in [0.25, 0.3) is 0 Å². The van der Waals surface area contributed by atoms with Gasteiger partial charge in [0, 0.05) is 57.0 Å². The molecule has 148 valence electrons. The Labute approximate surface area is 163 Å². The van der Waals surface area contributed by atoms with Crippen LogP contribution in [0.1, 0.15) is 0 Å². The molecule has 0 radical (unpaired) electrons. The molecule has 4 aliphatic heterocycles. The quantitative estimate of drug-likeness (QED) is 0.503. The lowest BCUT2D eigenvalue weighted by molar-refractivity contribution is 0.407. The van der Waals surface area contributed by atoms with Crippen molar-refractivity contribution in [2.45, 2.75) is 0 Å². The van der Waals surface area contributed by atoms with Crippen LogP contribution in [0.4, 0.5) is 0 Å². The zero-order valence-electron chi connectivity index (χ0n) is 15.1. The zero-order chi connectivity index (χ0) is 19.4. The highest BCUT2D eigenvalue weighted by atomic mass is 31.2. The lowest BCUT2D eigenvalue weighted by atomic mass is 10.3. The summed E-state index contributed by atoms with van der Waals surface area (Å²) in [6, 6.07) is 6.56. The molecule has 1 atom stereocenters. The van der Waals surface area contributed by atoms with E-state index in [0.29, 0.717) is 18.0 Å². The van der Waals surface area contributed by atoms with E-state index in [4.69, 9.17) is 14.6 Å². The van der Waals surface area contributed by atoms with E-state index < -0.39 is 15.3 Å². The average Bonchev–Trinajstić information content (AvgIpc) is 3.54. The largest absolute Gasteiger partial charge is 0.422 e. The van der Waals surface area contributed by atoms with Crippen molar-refractivity contribution in [3.05, 3.63) is 60.7 Å². The summed E-state index contributed by atoms with van der Waals surface area (Å²) in [5.41, 5.74) is 6.97. The smallest absolute Gasteiger partial charge is 0.416 e. The molecule has 4 heterocycles. The van der Waals surface area contributed by atoms with Crippen LogP contribution in [0.5, 0.6) is 11.5 Å². The van der Waals surface area contributed by atoms with Gasteiger partial charge < -0.3 is 13.9 Å². The summed E-state index contributed by atoms with van der Waals surface area (Å²) in [6.07, 6.45) is 9.32. The van der Waals surface area contributed by atoms with Gasteiger partial charge in [0.2, 0.25) is 0 Å². The zero-order valence-corrected chi connectivity index (χ0v) is 16.9. The Morgan fingerprint density at radius 1 is 0.857 bits per heavy atom. The molecular formula is C17H21N5O4P2. The first-order valence-corrected chi connectivity index (χ1v) is 12.2. The van der Waals surface area contributed by atoms with E-state index in [0.717, 1.165) is 31.9 Å². The normalized spacial score (nSPS) is 23.2. The van der Waals surface area contributed by atoms with Crippen LogP contribution in [0, 0.1) is 0 Å². The van der Waals surface area contributed by atoms with Crippen LogP contribution < -0.4 is 14.6 Å². The molecule has 1 aromatic rings. The number of nitrogens with zero attached hydrogens (tertiary/aromatic N) is 4. The van der Waals surface area contributed by atoms with Gasteiger partial charge in [-0.3, -0.25) is 4.67 Å². The Kier molecular flexibility index (Phi) is 4.19. The predicted octanol–water partition coefficient (Wildman–Crippen LogP) is 2.75. The van der Waals surface area contributed by atoms with Crippen LogP contribution in [0.15, 0.2) is 60.7 Å². The van der Waals surface area contributed by atoms with Gasteiger partial charge in [0.1, 0.15) is 11.5 Å². The maximum atomic E-state index is 13.0. The van der Waals surface area contributed by atoms with E-state index in [1.165, 1.54) is 4.67 Å². The van der Waals surface area contributed by atoms with Gasteiger partial charge in [0.25, 0.3) is 0 Å². The van der Waals surface area contributed by atoms with Crippen LogP contribution in [-0.2, 0) is 9.13 Å². The Morgan fingerprint density at radius 3 is 1.89 bits per heavy atom. The van der Waals surface area contributed by atoms with Crippen LogP contribution in [0.3, 0.4) is 0 Å². The first-order valence-electron chi connectivity index (χ1n) is 9.05. The minimum atomic E-state index is -3.54. The van der Waals surface area contributed by atoms with Gasteiger partial charge in [-0.15, -0.1) is 0 Å². The van der Waals surface area contributed by atoms with Gasteiger partial charge in [-0.25, -0.2) is 24.0 Å². The first-order chi connectivity index (χ1) is 13.4. The second-order valence-electron chi connectivity index (χ2n) is 6.89. The van der Waals surface area contributed by atoms with Gasteiger partial charge in [-0.1, -0.05) is 0 Å². The molecule has 1 unspecified atom stereocenters. The fraction of sp³-hybridized carbons (Fsp3) is 0.294. The Morgan fingerprint density at radius 2 is 1.43 bits per heavy atom. The van der Waals surface area contributed by atoms with Crippen molar-refractivity contribution in [1.29, 1.82) is 0 Å². The molecular weight excluding hydrogens is 400 g/mol. The lowest BCUT2D eigenvalue weighted by Crippen LogP contribution is -2.25. The van der Waals surface area contributed by atoms with Crippen molar-refractivity contribution in [3.63, 3.8) is 0 Å². The van der Waals surface area contributed by atoms with Crippen molar-refractivity contribution >= 4 is 15.3 Å². The SMILES string of the molecule is NP(=O)(Oc1ccc(OP(=O)(N2CC2)N2CC2)cc1)N1C=CC(N2C=C2)=CC1. The van der Waals surface area contributed by atoms with E-state index in [1.54, 1.807) is 30.5 Å². The molecule has 11 heteroatoms. The summed E-state index contributed by atoms with van der Waals surface area (Å²) < 4.78 is 42.4. The highest BCUT2D eigenvalue weighted by Crippen LogP contribution is 2.60. The minimum Gasteiger partial charge on any atom is -0.422 e. The molecule has 0 saturated carbocycles.